The van der Waals surface area contributed by atoms with Crippen molar-refractivity contribution in [3.05, 3.63) is 443 Å². The third-order valence-corrected chi connectivity index (χ3v) is 24.4. The Labute approximate surface area is 717 Å². The lowest BCUT2D eigenvalue weighted by Gasteiger charge is -2.27. The Hall–Kier alpha value is -16.9. The van der Waals surface area contributed by atoms with Gasteiger partial charge >= 0.3 is 0 Å². The fraction of sp³-hybridized carbons (Fsp3) is 0. The van der Waals surface area contributed by atoms with Gasteiger partial charge < -0.3 is 41.2 Å². The first kappa shape index (κ1) is 72.2. The molecule has 0 radical (unpaired) electrons. The van der Waals surface area contributed by atoms with Gasteiger partial charge in [0.05, 0.1) is 21.8 Å². The standard InChI is InChI=1S/2C40H25NO2.C36H23NO2/c1-2-12-28(13-3-1)41(34-17-8-11-26-10-4-5-14-30(26)34)29-22-20-27(21-23-29)31-16-9-19-36-38(31)39-37(42-36)25-24-33-32-15-6-7-18-35(32)43-40(33)39;1-2-11-29(12-3-1)41(31-22-17-26-9-4-5-10-28(26)25-31)30-20-18-27(19-21-30)32-14-8-16-36-38(32)39-37(42-36)24-23-34-33-13-6-7-15-35(33)43-40(34)39;1-3-10-25(11-4-1)37(26-12-5-2-6-13-26)27-20-18-24(19-21-27)28-15-9-17-32-34(28)35-33(38-32)23-22-30-29-14-7-8-16-31(29)39-36(30)35/h2*1-25H;1-23H. The van der Waals surface area contributed by atoms with Gasteiger partial charge in [0.25, 0.3) is 0 Å². The van der Waals surface area contributed by atoms with E-state index in [1.165, 1.54) is 21.5 Å². The highest BCUT2D eigenvalue weighted by Crippen LogP contribution is 2.50. The summed E-state index contributed by atoms with van der Waals surface area (Å²) in [5, 5.41) is 17.8. The summed E-state index contributed by atoms with van der Waals surface area (Å²) in [6, 6.07) is 155. The van der Waals surface area contributed by atoms with Crippen molar-refractivity contribution in [1.82, 2.24) is 0 Å². The molecule has 6 aromatic heterocycles. The van der Waals surface area contributed by atoms with Crippen LogP contribution in [0.5, 0.6) is 0 Å². The normalized spacial score (nSPS) is 11.7. The number of fused-ring (bicyclic) bond motifs is 23. The maximum Gasteiger partial charge on any atom is 0.147 e. The molecule has 0 spiro atoms. The Kier molecular flexibility index (Phi) is 17.4. The highest BCUT2D eigenvalue weighted by atomic mass is 16.4. The molecule has 0 amide bonds. The Morgan fingerprint density at radius 2 is 0.424 bits per heavy atom. The molecular weight excluding hydrogens is 1530 g/mol. The number of benzene rings is 20. The van der Waals surface area contributed by atoms with Crippen LogP contribution in [-0.2, 0) is 0 Å². The molecule has 588 valence electrons. The number of nitrogens with zero attached hydrogens (tertiary/aromatic N) is 3. The fourth-order valence-electron chi connectivity index (χ4n) is 18.7. The van der Waals surface area contributed by atoms with Gasteiger partial charge in [-0.1, -0.05) is 267 Å². The number of para-hydroxylation sites is 7. The van der Waals surface area contributed by atoms with E-state index in [0.717, 1.165) is 216 Å². The number of furan rings is 6. The Balaban J connectivity index is 0.000000105. The van der Waals surface area contributed by atoms with Gasteiger partial charge in [-0.05, 0) is 225 Å². The third-order valence-electron chi connectivity index (χ3n) is 24.4. The molecule has 0 aliphatic carbocycles. The zero-order chi connectivity index (χ0) is 82.4. The second-order valence-corrected chi connectivity index (χ2v) is 31.6. The molecule has 6 heterocycles. The molecule has 0 N–H and O–H groups in total. The van der Waals surface area contributed by atoms with E-state index < -0.39 is 0 Å². The first-order chi connectivity index (χ1) is 62.0. The van der Waals surface area contributed by atoms with Crippen molar-refractivity contribution in [2.24, 2.45) is 0 Å². The van der Waals surface area contributed by atoms with E-state index in [-0.39, 0.29) is 0 Å². The highest BCUT2D eigenvalue weighted by molar-refractivity contribution is 6.28. The molecule has 26 aromatic rings. The van der Waals surface area contributed by atoms with Gasteiger partial charge in [0.2, 0.25) is 0 Å². The Morgan fingerprint density at radius 1 is 0.144 bits per heavy atom. The molecule has 20 aromatic carbocycles. The summed E-state index contributed by atoms with van der Waals surface area (Å²) in [6.07, 6.45) is 0. The van der Waals surface area contributed by atoms with Crippen LogP contribution in [0, 0.1) is 0 Å². The van der Waals surface area contributed by atoms with Gasteiger partial charge in [0.15, 0.2) is 0 Å². The smallest absolute Gasteiger partial charge is 0.147 e. The van der Waals surface area contributed by atoms with Crippen LogP contribution in [0.15, 0.2) is 469 Å². The first-order valence-corrected chi connectivity index (χ1v) is 42.2. The average Bonchev–Trinajstić information content (AvgIpc) is 1.58. The molecule has 0 saturated heterocycles. The second kappa shape index (κ2) is 30.1. The fourth-order valence-corrected chi connectivity index (χ4v) is 18.7. The molecule has 0 fully saturated rings. The van der Waals surface area contributed by atoms with Crippen molar-refractivity contribution in [2.45, 2.75) is 0 Å². The van der Waals surface area contributed by atoms with Gasteiger partial charge in [0, 0.05) is 99.4 Å². The first-order valence-electron chi connectivity index (χ1n) is 42.2. The van der Waals surface area contributed by atoms with Crippen LogP contribution in [0.2, 0.25) is 0 Å². The average molecular weight is 1600 g/mol. The molecule has 125 heavy (non-hydrogen) atoms. The summed E-state index contributed by atoms with van der Waals surface area (Å²) in [5.41, 5.74) is 27.1. The zero-order valence-corrected chi connectivity index (χ0v) is 67.4. The molecule has 0 atom stereocenters. The number of rotatable bonds is 12. The Morgan fingerprint density at radius 3 is 0.824 bits per heavy atom. The van der Waals surface area contributed by atoms with Crippen molar-refractivity contribution in [3.63, 3.8) is 0 Å². The van der Waals surface area contributed by atoms with Crippen molar-refractivity contribution in [2.75, 3.05) is 14.7 Å². The lowest BCUT2D eigenvalue weighted by atomic mass is 9.98. The highest BCUT2D eigenvalue weighted by Gasteiger charge is 2.26. The van der Waals surface area contributed by atoms with Gasteiger partial charge in [-0.3, -0.25) is 0 Å². The molecule has 26 rings (SSSR count). The van der Waals surface area contributed by atoms with Crippen LogP contribution in [0.1, 0.15) is 0 Å². The molecule has 9 nitrogen and oxygen atoms in total. The van der Waals surface area contributed by atoms with Crippen molar-refractivity contribution >= 4 is 204 Å². The monoisotopic (exact) mass is 1600 g/mol. The summed E-state index contributed by atoms with van der Waals surface area (Å²) in [4.78, 5) is 6.91. The summed E-state index contributed by atoms with van der Waals surface area (Å²) in [6.45, 7) is 0. The third kappa shape index (κ3) is 12.5. The molecule has 9 heteroatoms. The SMILES string of the molecule is c1ccc(N(c2ccc(-c3cccc4oc5ccc6c7ccccc7oc6c5c34)cc2)c2ccc3ccccc3c2)cc1.c1ccc(N(c2ccc(-c3cccc4oc5ccc6c7ccccc7oc6c5c34)cc2)c2cccc3ccccc23)cc1.c1ccc(N(c2ccccc2)c2ccc(-c3cccc4oc5ccc6c7ccccc7oc6c5c34)cc2)cc1. The van der Waals surface area contributed by atoms with E-state index in [1.54, 1.807) is 0 Å². The number of hydrogen-bond donors (Lipinski definition) is 0. The minimum atomic E-state index is 0.830. The van der Waals surface area contributed by atoms with E-state index in [1.807, 2.05) is 66.7 Å². The topological polar surface area (TPSA) is 88.6 Å². The largest absolute Gasteiger partial charge is 0.456 e. The van der Waals surface area contributed by atoms with Crippen LogP contribution < -0.4 is 14.7 Å². The predicted octanol–water partition coefficient (Wildman–Crippen LogP) is 34.2. The minimum absolute atomic E-state index is 0.830. The lowest BCUT2D eigenvalue weighted by molar-refractivity contribution is 0.662. The van der Waals surface area contributed by atoms with Crippen molar-refractivity contribution < 1.29 is 26.5 Å². The molecule has 0 unspecified atom stereocenters. The van der Waals surface area contributed by atoms with Gasteiger partial charge in [-0.15, -0.1) is 0 Å². The summed E-state index contributed by atoms with van der Waals surface area (Å²) in [5.74, 6) is 0. The minimum Gasteiger partial charge on any atom is -0.456 e. The van der Waals surface area contributed by atoms with Crippen molar-refractivity contribution in [1.29, 1.82) is 0 Å². The molecular formula is C116H73N3O6. The maximum absolute atomic E-state index is 6.44. The lowest BCUT2D eigenvalue weighted by Crippen LogP contribution is -2.10. The summed E-state index contributed by atoms with van der Waals surface area (Å²) >= 11 is 0. The van der Waals surface area contributed by atoms with Crippen LogP contribution in [0.3, 0.4) is 0 Å². The van der Waals surface area contributed by atoms with Crippen LogP contribution in [0.25, 0.3) is 187 Å². The summed E-state index contributed by atoms with van der Waals surface area (Å²) in [7, 11) is 0. The summed E-state index contributed by atoms with van der Waals surface area (Å²) < 4.78 is 38.3. The van der Waals surface area contributed by atoms with Gasteiger partial charge in [-0.25, -0.2) is 0 Å². The van der Waals surface area contributed by atoms with Crippen LogP contribution in [0.4, 0.5) is 51.2 Å². The molecule has 0 bridgehead atoms. The van der Waals surface area contributed by atoms with Crippen LogP contribution in [-0.4, -0.2) is 0 Å². The number of anilines is 9. The quantitative estimate of drug-likeness (QED) is 0.119. The second-order valence-electron chi connectivity index (χ2n) is 31.6. The predicted molar refractivity (Wildman–Crippen MR) is 518 cm³/mol. The van der Waals surface area contributed by atoms with Gasteiger partial charge in [0.1, 0.15) is 67.0 Å². The Bertz CT molecular complexity index is 8550. The van der Waals surface area contributed by atoms with E-state index in [0.29, 0.717) is 0 Å². The molecule has 0 aliphatic heterocycles. The van der Waals surface area contributed by atoms with E-state index in [2.05, 4.69) is 391 Å². The zero-order valence-electron chi connectivity index (χ0n) is 67.4. The van der Waals surface area contributed by atoms with Crippen molar-refractivity contribution in [3.8, 4) is 33.4 Å². The van der Waals surface area contributed by atoms with Gasteiger partial charge in [-0.2, -0.15) is 0 Å². The van der Waals surface area contributed by atoms with E-state index in [9.17, 15) is 0 Å². The number of hydrogen-bond acceptors (Lipinski definition) is 9. The molecule has 0 saturated carbocycles. The van der Waals surface area contributed by atoms with E-state index >= 15 is 0 Å². The molecule has 0 aliphatic rings. The maximum atomic E-state index is 6.44. The van der Waals surface area contributed by atoms with E-state index in [4.69, 9.17) is 26.5 Å². The van der Waals surface area contributed by atoms with Crippen LogP contribution >= 0.6 is 0 Å².